The summed E-state index contributed by atoms with van der Waals surface area (Å²) in [5.74, 6) is 0.664. The Bertz CT molecular complexity index is 992. The Morgan fingerprint density at radius 3 is 2.00 bits per heavy atom. The minimum atomic E-state index is -0.0168. The molecule has 4 rings (SSSR count). The van der Waals surface area contributed by atoms with E-state index in [0.29, 0.717) is 29.3 Å². The molecule has 0 aromatic heterocycles. The van der Waals surface area contributed by atoms with Crippen LogP contribution in [0.1, 0.15) is 34.3 Å². The maximum Gasteiger partial charge on any atom is 0.238 e. The Kier molecular flexibility index (Phi) is 6.90. The van der Waals surface area contributed by atoms with Gasteiger partial charge in [-0.15, -0.1) is 0 Å². The third-order valence-electron chi connectivity index (χ3n) is 5.91. The average Bonchev–Trinajstić information content (AvgIpc) is 2.82. The first kappa shape index (κ1) is 21.0. The van der Waals surface area contributed by atoms with Crippen molar-refractivity contribution < 1.29 is 9.59 Å². The van der Waals surface area contributed by atoms with E-state index in [1.807, 2.05) is 18.2 Å². The van der Waals surface area contributed by atoms with E-state index >= 15 is 0 Å². The molecule has 4 nitrogen and oxygen atoms in total. The lowest BCUT2D eigenvalue weighted by Crippen LogP contribution is -2.39. The van der Waals surface area contributed by atoms with Crippen molar-refractivity contribution in [1.29, 1.82) is 0 Å². The largest absolute Gasteiger partial charge is 0.325 e. The third-order valence-corrected chi connectivity index (χ3v) is 5.91. The van der Waals surface area contributed by atoms with Crippen LogP contribution >= 0.6 is 0 Å². The number of carbonyl (C=O) groups is 2. The molecule has 0 atom stereocenters. The molecule has 1 aliphatic heterocycles. The number of hydrogen-bond acceptors (Lipinski definition) is 3. The van der Waals surface area contributed by atoms with Crippen LogP contribution < -0.4 is 5.32 Å². The summed E-state index contributed by atoms with van der Waals surface area (Å²) in [5.41, 5.74) is 3.39. The van der Waals surface area contributed by atoms with Gasteiger partial charge in [0.05, 0.1) is 6.54 Å². The summed E-state index contributed by atoms with van der Waals surface area (Å²) in [6.07, 6.45) is 3.37. The number of benzene rings is 3. The van der Waals surface area contributed by atoms with E-state index in [1.54, 1.807) is 36.4 Å². The number of nitrogens with one attached hydrogen (secondary N) is 1. The van der Waals surface area contributed by atoms with Crippen LogP contribution in [0.4, 0.5) is 5.69 Å². The fourth-order valence-electron chi connectivity index (χ4n) is 4.16. The van der Waals surface area contributed by atoms with Crippen LogP contribution in [0.2, 0.25) is 0 Å². The highest BCUT2D eigenvalue weighted by Gasteiger charge is 2.21. The summed E-state index contributed by atoms with van der Waals surface area (Å²) < 4.78 is 0. The van der Waals surface area contributed by atoms with Crippen molar-refractivity contribution in [3.8, 4) is 0 Å². The Morgan fingerprint density at radius 1 is 0.774 bits per heavy atom. The Labute approximate surface area is 183 Å². The predicted molar refractivity (Wildman–Crippen MR) is 124 cm³/mol. The quantitative estimate of drug-likeness (QED) is 0.567. The van der Waals surface area contributed by atoms with E-state index in [4.69, 9.17) is 0 Å². The van der Waals surface area contributed by atoms with E-state index < -0.39 is 0 Å². The van der Waals surface area contributed by atoms with Crippen LogP contribution in [-0.4, -0.2) is 36.2 Å². The van der Waals surface area contributed by atoms with E-state index in [-0.39, 0.29) is 11.7 Å². The lowest BCUT2D eigenvalue weighted by atomic mass is 9.90. The van der Waals surface area contributed by atoms with Gasteiger partial charge in [0.1, 0.15) is 0 Å². The molecule has 158 valence electrons. The molecule has 0 bridgehead atoms. The van der Waals surface area contributed by atoms with Gasteiger partial charge in [-0.3, -0.25) is 14.5 Å². The minimum absolute atomic E-state index is 0.0105. The summed E-state index contributed by atoms with van der Waals surface area (Å²) in [4.78, 5) is 27.2. The lowest BCUT2D eigenvalue weighted by molar-refractivity contribution is -0.117. The number of rotatable bonds is 7. The molecule has 0 saturated carbocycles. The molecule has 0 aliphatic carbocycles. The van der Waals surface area contributed by atoms with Gasteiger partial charge < -0.3 is 5.32 Å². The zero-order valence-corrected chi connectivity index (χ0v) is 17.7. The molecule has 1 heterocycles. The lowest BCUT2D eigenvalue weighted by Gasteiger charge is -2.31. The van der Waals surface area contributed by atoms with Crippen molar-refractivity contribution >= 4 is 17.4 Å². The number of amides is 1. The molecule has 0 radical (unpaired) electrons. The van der Waals surface area contributed by atoms with E-state index in [0.717, 1.165) is 32.4 Å². The summed E-state index contributed by atoms with van der Waals surface area (Å²) in [7, 11) is 0. The van der Waals surface area contributed by atoms with Gasteiger partial charge in [-0.2, -0.15) is 0 Å². The molecule has 31 heavy (non-hydrogen) atoms. The van der Waals surface area contributed by atoms with Gasteiger partial charge in [0.2, 0.25) is 5.91 Å². The van der Waals surface area contributed by atoms with Crippen LogP contribution in [0.5, 0.6) is 0 Å². The first-order valence-corrected chi connectivity index (χ1v) is 10.9. The summed E-state index contributed by atoms with van der Waals surface area (Å²) in [6.45, 7) is 2.31. The van der Waals surface area contributed by atoms with Gasteiger partial charge in [-0.25, -0.2) is 0 Å². The maximum atomic E-state index is 12.5. The molecule has 3 aromatic carbocycles. The Morgan fingerprint density at radius 2 is 1.35 bits per heavy atom. The van der Waals surface area contributed by atoms with Gasteiger partial charge in [0, 0.05) is 16.8 Å². The first-order valence-electron chi connectivity index (χ1n) is 10.9. The second-order valence-corrected chi connectivity index (χ2v) is 8.23. The van der Waals surface area contributed by atoms with Crippen molar-refractivity contribution in [2.45, 2.75) is 19.3 Å². The molecule has 1 aliphatic rings. The number of nitrogens with zero attached hydrogens (tertiary/aromatic N) is 1. The Hall–Kier alpha value is -3.24. The fourth-order valence-corrected chi connectivity index (χ4v) is 4.16. The van der Waals surface area contributed by atoms with Gasteiger partial charge in [0.15, 0.2) is 5.78 Å². The highest BCUT2D eigenvalue weighted by Crippen LogP contribution is 2.21. The molecule has 1 saturated heterocycles. The van der Waals surface area contributed by atoms with Gasteiger partial charge in [-0.05, 0) is 68.1 Å². The smallest absolute Gasteiger partial charge is 0.238 e. The van der Waals surface area contributed by atoms with Crippen LogP contribution in [-0.2, 0) is 11.2 Å². The first-order chi connectivity index (χ1) is 15.2. The number of carbonyl (C=O) groups excluding carboxylic acids is 2. The molecule has 3 aromatic rings. The molecule has 1 amide bonds. The van der Waals surface area contributed by atoms with E-state index in [1.165, 1.54) is 5.56 Å². The maximum absolute atomic E-state index is 12.5. The normalized spacial score (nSPS) is 14.8. The number of piperidine rings is 1. The third kappa shape index (κ3) is 5.89. The summed E-state index contributed by atoms with van der Waals surface area (Å²) in [6, 6.07) is 27.0. The summed E-state index contributed by atoms with van der Waals surface area (Å²) >= 11 is 0. The van der Waals surface area contributed by atoms with Gasteiger partial charge >= 0.3 is 0 Å². The zero-order chi connectivity index (χ0) is 21.5. The molecule has 1 fully saturated rings. The van der Waals surface area contributed by atoms with Crippen LogP contribution in [0.15, 0.2) is 84.9 Å². The van der Waals surface area contributed by atoms with Crippen LogP contribution in [0.3, 0.4) is 0 Å². The van der Waals surface area contributed by atoms with E-state index in [2.05, 4.69) is 40.5 Å². The second kappa shape index (κ2) is 10.2. The fraction of sp³-hybridized carbons (Fsp3) is 0.259. The SMILES string of the molecule is O=C(CN1CCC(Cc2ccccc2)CC1)Nc1ccc(C(=O)c2ccccc2)cc1. The van der Waals surface area contributed by atoms with Gasteiger partial charge in [-0.1, -0.05) is 60.7 Å². The van der Waals surface area contributed by atoms with Crippen LogP contribution in [0, 0.1) is 5.92 Å². The standard InChI is InChI=1S/C27H28N2O2/c30-26(20-29-17-15-22(16-18-29)19-21-7-3-1-4-8-21)28-25-13-11-24(12-14-25)27(31)23-9-5-2-6-10-23/h1-14,22H,15-20H2,(H,28,30). The summed E-state index contributed by atoms with van der Waals surface area (Å²) in [5, 5.41) is 2.95. The topological polar surface area (TPSA) is 49.4 Å². The van der Waals surface area contributed by atoms with Gasteiger partial charge in [0.25, 0.3) is 0 Å². The highest BCUT2D eigenvalue weighted by atomic mass is 16.2. The number of hydrogen-bond donors (Lipinski definition) is 1. The van der Waals surface area contributed by atoms with Crippen LogP contribution in [0.25, 0.3) is 0 Å². The molecule has 0 unspecified atom stereocenters. The zero-order valence-electron chi connectivity index (χ0n) is 17.7. The van der Waals surface area contributed by atoms with Crippen molar-refractivity contribution in [2.24, 2.45) is 5.92 Å². The van der Waals surface area contributed by atoms with Crippen molar-refractivity contribution in [1.82, 2.24) is 4.90 Å². The molecular formula is C27H28N2O2. The van der Waals surface area contributed by atoms with Crippen molar-refractivity contribution in [3.05, 3.63) is 102 Å². The highest BCUT2D eigenvalue weighted by molar-refractivity contribution is 6.09. The molecular weight excluding hydrogens is 384 g/mol. The number of anilines is 1. The van der Waals surface area contributed by atoms with Crippen molar-refractivity contribution in [2.75, 3.05) is 25.0 Å². The Balaban J connectivity index is 1.23. The molecule has 1 N–H and O–H groups in total. The van der Waals surface area contributed by atoms with E-state index in [9.17, 15) is 9.59 Å². The van der Waals surface area contributed by atoms with Crippen molar-refractivity contribution in [3.63, 3.8) is 0 Å². The molecule has 4 heteroatoms. The second-order valence-electron chi connectivity index (χ2n) is 8.23. The minimum Gasteiger partial charge on any atom is -0.325 e. The number of ketones is 1. The predicted octanol–water partition coefficient (Wildman–Crippen LogP) is 4.81. The monoisotopic (exact) mass is 412 g/mol. The average molecular weight is 413 g/mol. The molecule has 0 spiro atoms. The number of likely N-dealkylation sites (tertiary alicyclic amines) is 1.